The van der Waals surface area contributed by atoms with Gasteiger partial charge in [-0.1, -0.05) is 13.8 Å². The van der Waals surface area contributed by atoms with Crippen LogP contribution in [0.4, 0.5) is 4.79 Å². The standard InChI is InChI=1S/C8H17NO3/c1-3-7(4-2)11-5-6-12-8(9)10/h7H,3-6H2,1-2H3,(H2,9,10). The molecule has 0 aliphatic heterocycles. The average molecular weight is 175 g/mol. The van der Waals surface area contributed by atoms with Crippen molar-refractivity contribution in [3.63, 3.8) is 0 Å². The molecule has 0 rings (SSSR count). The lowest BCUT2D eigenvalue weighted by Gasteiger charge is -2.12. The molecular weight excluding hydrogens is 158 g/mol. The van der Waals surface area contributed by atoms with Crippen molar-refractivity contribution in [2.45, 2.75) is 32.8 Å². The molecule has 2 N–H and O–H groups in total. The normalized spacial score (nSPS) is 10.2. The molecule has 12 heavy (non-hydrogen) atoms. The van der Waals surface area contributed by atoms with Gasteiger partial charge in [0, 0.05) is 0 Å². The van der Waals surface area contributed by atoms with Crippen LogP contribution in [0.1, 0.15) is 26.7 Å². The number of hydrogen-bond acceptors (Lipinski definition) is 3. The fourth-order valence-corrected chi connectivity index (χ4v) is 0.881. The lowest BCUT2D eigenvalue weighted by Crippen LogP contribution is -2.19. The van der Waals surface area contributed by atoms with Gasteiger partial charge in [-0.15, -0.1) is 0 Å². The first kappa shape index (κ1) is 11.2. The fraction of sp³-hybridized carbons (Fsp3) is 0.875. The number of rotatable bonds is 6. The van der Waals surface area contributed by atoms with E-state index in [-0.39, 0.29) is 12.7 Å². The highest BCUT2D eigenvalue weighted by Gasteiger charge is 2.02. The van der Waals surface area contributed by atoms with Crippen molar-refractivity contribution in [3.8, 4) is 0 Å². The molecule has 0 saturated carbocycles. The van der Waals surface area contributed by atoms with E-state index in [1.54, 1.807) is 0 Å². The fourth-order valence-electron chi connectivity index (χ4n) is 0.881. The number of ether oxygens (including phenoxy) is 2. The van der Waals surface area contributed by atoms with Crippen LogP contribution in [0.3, 0.4) is 0 Å². The molecule has 0 heterocycles. The second-order valence-corrected chi connectivity index (χ2v) is 2.48. The van der Waals surface area contributed by atoms with Gasteiger partial charge in [0.25, 0.3) is 0 Å². The maximum Gasteiger partial charge on any atom is 0.404 e. The van der Waals surface area contributed by atoms with Gasteiger partial charge in [0.15, 0.2) is 0 Å². The van der Waals surface area contributed by atoms with Crippen LogP contribution in [-0.2, 0) is 9.47 Å². The molecule has 0 bridgehead atoms. The number of carbonyl (C=O) groups excluding carboxylic acids is 1. The Morgan fingerprint density at radius 3 is 2.33 bits per heavy atom. The summed E-state index contributed by atoms with van der Waals surface area (Å²) < 4.78 is 9.85. The van der Waals surface area contributed by atoms with Crippen molar-refractivity contribution in [1.82, 2.24) is 0 Å². The maximum absolute atomic E-state index is 10.1. The first-order valence-electron chi connectivity index (χ1n) is 4.24. The number of primary amides is 1. The van der Waals surface area contributed by atoms with Crippen LogP contribution < -0.4 is 5.73 Å². The molecule has 0 saturated heterocycles. The van der Waals surface area contributed by atoms with E-state index in [1.807, 2.05) is 0 Å². The van der Waals surface area contributed by atoms with E-state index >= 15 is 0 Å². The number of amides is 1. The Morgan fingerprint density at radius 2 is 1.92 bits per heavy atom. The summed E-state index contributed by atoms with van der Waals surface area (Å²) in [6, 6.07) is 0. The Bertz CT molecular complexity index is 123. The molecular formula is C8H17NO3. The summed E-state index contributed by atoms with van der Waals surface area (Å²) in [5.74, 6) is 0. The van der Waals surface area contributed by atoms with E-state index in [1.165, 1.54) is 0 Å². The van der Waals surface area contributed by atoms with Crippen LogP contribution in [0, 0.1) is 0 Å². The minimum Gasteiger partial charge on any atom is -0.447 e. The van der Waals surface area contributed by atoms with Crippen LogP contribution in [-0.4, -0.2) is 25.4 Å². The summed E-state index contributed by atoms with van der Waals surface area (Å²) in [7, 11) is 0. The second-order valence-electron chi connectivity index (χ2n) is 2.48. The Kier molecular flexibility index (Phi) is 6.47. The summed E-state index contributed by atoms with van der Waals surface area (Å²) >= 11 is 0. The Hall–Kier alpha value is -0.770. The van der Waals surface area contributed by atoms with E-state index in [0.29, 0.717) is 6.61 Å². The number of hydrogen-bond donors (Lipinski definition) is 1. The first-order chi connectivity index (χ1) is 5.70. The van der Waals surface area contributed by atoms with E-state index < -0.39 is 6.09 Å². The largest absolute Gasteiger partial charge is 0.447 e. The number of nitrogens with two attached hydrogens (primary N) is 1. The molecule has 1 amide bonds. The van der Waals surface area contributed by atoms with Gasteiger partial charge in [-0.2, -0.15) is 0 Å². The lowest BCUT2D eigenvalue weighted by atomic mass is 10.2. The monoisotopic (exact) mass is 175 g/mol. The SMILES string of the molecule is CCC(CC)OCCOC(N)=O. The molecule has 0 atom stereocenters. The summed E-state index contributed by atoms with van der Waals surface area (Å²) in [5, 5.41) is 0. The molecule has 72 valence electrons. The molecule has 4 heteroatoms. The van der Waals surface area contributed by atoms with Gasteiger partial charge in [0.2, 0.25) is 0 Å². The smallest absolute Gasteiger partial charge is 0.404 e. The van der Waals surface area contributed by atoms with Gasteiger partial charge in [-0.25, -0.2) is 4.79 Å². The summed E-state index contributed by atoms with van der Waals surface area (Å²) in [6.45, 7) is 4.79. The topological polar surface area (TPSA) is 61.6 Å². The molecule has 0 aliphatic carbocycles. The van der Waals surface area contributed by atoms with Gasteiger partial charge in [0.05, 0.1) is 12.7 Å². The molecule has 0 aromatic rings. The third-order valence-electron chi connectivity index (χ3n) is 1.59. The van der Waals surface area contributed by atoms with Crippen LogP contribution in [0.25, 0.3) is 0 Å². The van der Waals surface area contributed by atoms with Crippen LogP contribution in [0.2, 0.25) is 0 Å². The second kappa shape index (κ2) is 6.91. The molecule has 0 aliphatic rings. The van der Waals surface area contributed by atoms with Gasteiger partial charge in [-0.3, -0.25) is 0 Å². The third-order valence-corrected chi connectivity index (χ3v) is 1.59. The van der Waals surface area contributed by atoms with Gasteiger partial charge < -0.3 is 15.2 Å². The highest BCUT2D eigenvalue weighted by molar-refractivity contribution is 5.64. The van der Waals surface area contributed by atoms with Crippen molar-refractivity contribution < 1.29 is 14.3 Å². The summed E-state index contributed by atoms with van der Waals surface area (Å²) in [6.07, 6.45) is 1.48. The predicted octanol–water partition coefficient (Wildman–Crippen LogP) is 1.29. The van der Waals surface area contributed by atoms with E-state index in [9.17, 15) is 4.79 Å². The summed E-state index contributed by atoms with van der Waals surface area (Å²) in [5.41, 5.74) is 4.76. The first-order valence-corrected chi connectivity index (χ1v) is 4.24. The van der Waals surface area contributed by atoms with Gasteiger partial charge in [-0.05, 0) is 12.8 Å². The van der Waals surface area contributed by atoms with Crippen LogP contribution in [0.5, 0.6) is 0 Å². The zero-order valence-corrected chi connectivity index (χ0v) is 7.71. The van der Waals surface area contributed by atoms with E-state index in [4.69, 9.17) is 10.5 Å². The van der Waals surface area contributed by atoms with Crippen LogP contribution >= 0.6 is 0 Å². The van der Waals surface area contributed by atoms with E-state index in [0.717, 1.165) is 12.8 Å². The van der Waals surface area contributed by atoms with Crippen molar-refractivity contribution >= 4 is 6.09 Å². The molecule has 0 aromatic heterocycles. The van der Waals surface area contributed by atoms with E-state index in [2.05, 4.69) is 18.6 Å². The summed E-state index contributed by atoms with van der Waals surface area (Å²) in [4.78, 5) is 10.1. The third kappa shape index (κ3) is 5.97. The Balaban J connectivity index is 3.23. The van der Waals surface area contributed by atoms with Crippen molar-refractivity contribution in [2.75, 3.05) is 13.2 Å². The van der Waals surface area contributed by atoms with Gasteiger partial charge >= 0.3 is 6.09 Å². The maximum atomic E-state index is 10.1. The minimum atomic E-state index is -0.747. The predicted molar refractivity (Wildman–Crippen MR) is 45.9 cm³/mol. The minimum absolute atomic E-state index is 0.242. The zero-order valence-electron chi connectivity index (χ0n) is 7.71. The average Bonchev–Trinajstić information content (AvgIpc) is 2.04. The quantitative estimate of drug-likeness (QED) is 0.619. The van der Waals surface area contributed by atoms with Crippen molar-refractivity contribution in [3.05, 3.63) is 0 Å². The molecule has 0 unspecified atom stereocenters. The molecule has 0 fully saturated rings. The highest BCUT2D eigenvalue weighted by atomic mass is 16.6. The Morgan fingerprint density at radius 1 is 1.33 bits per heavy atom. The molecule has 0 spiro atoms. The zero-order chi connectivity index (χ0) is 9.40. The number of carbonyl (C=O) groups is 1. The van der Waals surface area contributed by atoms with Crippen molar-refractivity contribution in [2.24, 2.45) is 5.73 Å². The Labute approximate surface area is 73.0 Å². The van der Waals surface area contributed by atoms with Crippen molar-refractivity contribution in [1.29, 1.82) is 0 Å². The lowest BCUT2D eigenvalue weighted by molar-refractivity contribution is 0.0199. The molecule has 0 radical (unpaired) electrons. The molecule has 0 aromatic carbocycles. The molecule has 4 nitrogen and oxygen atoms in total. The highest BCUT2D eigenvalue weighted by Crippen LogP contribution is 2.01. The van der Waals surface area contributed by atoms with Crippen LogP contribution in [0.15, 0.2) is 0 Å². The van der Waals surface area contributed by atoms with Gasteiger partial charge in [0.1, 0.15) is 6.61 Å².